The number of hydrogen-bond donors (Lipinski definition) is 1. The Kier molecular flexibility index (Phi) is 10.7. The lowest BCUT2D eigenvalue weighted by Crippen LogP contribution is -2.41. The maximum atomic E-state index is 14.1. The van der Waals surface area contributed by atoms with E-state index in [0.29, 0.717) is 18.7 Å². The number of hydrogen-bond acceptors (Lipinski definition) is 8. The number of ether oxygens (including phenoxy) is 3. The van der Waals surface area contributed by atoms with Crippen LogP contribution in [-0.2, 0) is 30.2 Å². The molecule has 0 radical (unpaired) electrons. The van der Waals surface area contributed by atoms with Gasteiger partial charge < -0.3 is 29.2 Å². The Morgan fingerprint density at radius 3 is 2.40 bits per heavy atom. The summed E-state index contributed by atoms with van der Waals surface area (Å²) in [5.74, 6) is 0.0941. The van der Waals surface area contributed by atoms with Gasteiger partial charge in [-0.2, -0.15) is 0 Å². The number of thiophene rings is 1. The van der Waals surface area contributed by atoms with Gasteiger partial charge in [-0.1, -0.05) is 24.3 Å². The summed E-state index contributed by atoms with van der Waals surface area (Å²) in [5, 5.41) is 5.96. The fourth-order valence-electron chi connectivity index (χ4n) is 7.59. The number of likely N-dealkylation sites (tertiary alicyclic amines) is 2. The lowest BCUT2D eigenvalue weighted by atomic mass is 9.88. The van der Waals surface area contributed by atoms with Crippen molar-refractivity contribution < 1.29 is 28.6 Å². The number of aryl methyl sites for hydroxylation is 2. The zero-order valence-corrected chi connectivity index (χ0v) is 28.7. The van der Waals surface area contributed by atoms with E-state index in [4.69, 9.17) is 14.2 Å². The number of fused-ring (bicyclic) bond motifs is 1. The van der Waals surface area contributed by atoms with Crippen LogP contribution in [0, 0.1) is 19.8 Å². The van der Waals surface area contributed by atoms with E-state index in [0.717, 1.165) is 83.9 Å². The summed E-state index contributed by atoms with van der Waals surface area (Å²) < 4.78 is 18.9. The number of aldehydes is 1. The minimum absolute atomic E-state index is 0.00976. The molecule has 3 aliphatic rings. The van der Waals surface area contributed by atoms with E-state index >= 15 is 0 Å². The van der Waals surface area contributed by atoms with Gasteiger partial charge in [0.2, 0.25) is 5.91 Å². The zero-order chi connectivity index (χ0) is 33.1. The van der Waals surface area contributed by atoms with Crippen LogP contribution in [0.2, 0.25) is 0 Å². The fourth-order valence-corrected chi connectivity index (χ4v) is 8.53. The smallest absolute Gasteiger partial charge is 0.257 e. The van der Waals surface area contributed by atoms with Crippen LogP contribution in [0.4, 0.5) is 5.69 Å². The molecule has 1 saturated carbocycles. The molecule has 3 heterocycles. The molecule has 0 spiro atoms. The van der Waals surface area contributed by atoms with Gasteiger partial charge in [-0.15, -0.1) is 11.3 Å². The highest BCUT2D eigenvalue weighted by Crippen LogP contribution is 2.32. The van der Waals surface area contributed by atoms with Crippen LogP contribution >= 0.6 is 11.3 Å². The van der Waals surface area contributed by atoms with Crippen LogP contribution in [-0.4, -0.2) is 98.8 Å². The molecule has 1 aromatic heterocycles. The molecule has 47 heavy (non-hydrogen) atoms. The topological polar surface area (TPSA) is 97.4 Å². The molecule has 0 bridgehead atoms. The number of amides is 2. The molecule has 3 fully saturated rings. The number of anilines is 1. The Hall–Kier alpha value is -3.15. The van der Waals surface area contributed by atoms with Crippen molar-refractivity contribution in [2.24, 2.45) is 5.92 Å². The third-order valence-electron chi connectivity index (χ3n) is 10.5. The number of nitrogens with one attached hydrogen (secondary N) is 1. The van der Waals surface area contributed by atoms with E-state index < -0.39 is 0 Å². The Labute approximate surface area is 281 Å². The van der Waals surface area contributed by atoms with Crippen molar-refractivity contribution in [3.63, 3.8) is 0 Å². The van der Waals surface area contributed by atoms with Crippen LogP contribution in [0.15, 0.2) is 41.8 Å². The second-order valence-electron chi connectivity index (χ2n) is 13.5. The molecule has 0 unspecified atom stereocenters. The van der Waals surface area contributed by atoms with Crippen molar-refractivity contribution in [1.29, 1.82) is 0 Å². The number of rotatable bonds is 11. The van der Waals surface area contributed by atoms with E-state index in [9.17, 15) is 14.4 Å². The predicted octanol–water partition coefficient (Wildman–Crippen LogP) is 5.40. The molecule has 3 aromatic rings. The van der Waals surface area contributed by atoms with Gasteiger partial charge in [0.25, 0.3) is 5.91 Å². The lowest BCUT2D eigenvalue weighted by Gasteiger charge is -2.29. The average molecular weight is 662 g/mol. The van der Waals surface area contributed by atoms with Crippen molar-refractivity contribution >= 4 is 45.2 Å². The second kappa shape index (κ2) is 15.0. The normalized spacial score (nSPS) is 26.6. The molecule has 4 atom stereocenters. The molecule has 6 rings (SSSR count). The summed E-state index contributed by atoms with van der Waals surface area (Å²) in [7, 11) is 3.46. The van der Waals surface area contributed by atoms with E-state index in [1.165, 1.54) is 0 Å². The predicted molar refractivity (Wildman–Crippen MR) is 184 cm³/mol. The Morgan fingerprint density at radius 2 is 1.70 bits per heavy atom. The molecule has 2 amide bonds. The molecular formula is C37H47N3O6S. The summed E-state index contributed by atoms with van der Waals surface area (Å²) in [6, 6.07) is 12.1. The Bertz CT molecular complexity index is 1570. The Balaban J connectivity index is 1.14. The van der Waals surface area contributed by atoms with Gasteiger partial charge in [-0.25, -0.2) is 0 Å². The standard InChI is InChI=1S/C37H47N3O6S/c1-23-14-32(38-37(43)31-22-47-35-8-6-5-7-30(31)35)24(2)13-26(23)15-36(42)40-17-27(39-18-33(44-3)34(19-39)45-4)16-28(40)21-46-29-11-9-25(20-41)10-12-29/h5-8,13-14,20,22,25,27-29,33-34H,9-12,15-19,21H2,1-4H3,(H,38,43)/t25?,27-,28-,29?,33-,34+/m0/s1. The maximum Gasteiger partial charge on any atom is 0.257 e. The molecule has 2 aliphatic heterocycles. The molecule has 252 valence electrons. The van der Waals surface area contributed by atoms with Crippen LogP contribution in [0.25, 0.3) is 10.1 Å². The number of benzene rings is 2. The minimum Gasteiger partial charge on any atom is -0.377 e. The summed E-state index contributed by atoms with van der Waals surface area (Å²) in [6.07, 6.45) is 5.85. The molecule has 2 saturated heterocycles. The van der Waals surface area contributed by atoms with E-state index in [2.05, 4.69) is 10.2 Å². The first kappa shape index (κ1) is 33.7. The van der Waals surface area contributed by atoms with Gasteiger partial charge in [-0.3, -0.25) is 14.5 Å². The summed E-state index contributed by atoms with van der Waals surface area (Å²) in [5.41, 5.74) is 4.27. The first-order valence-corrected chi connectivity index (χ1v) is 17.7. The van der Waals surface area contributed by atoms with Crippen LogP contribution in [0.1, 0.15) is 59.2 Å². The monoisotopic (exact) mass is 661 g/mol. The second-order valence-corrected chi connectivity index (χ2v) is 14.4. The highest BCUT2D eigenvalue weighted by molar-refractivity contribution is 7.17. The fraction of sp³-hybridized carbons (Fsp3) is 0.541. The highest BCUT2D eigenvalue weighted by atomic mass is 32.1. The van der Waals surface area contributed by atoms with Crippen molar-refractivity contribution in [2.75, 3.05) is 45.8 Å². The van der Waals surface area contributed by atoms with E-state index in [1.807, 2.05) is 60.5 Å². The summed E-state index contributed by atoms with van der Waals surface area (Å²) in [4.78, 5) is 43.0. The summed E-state index contributed by atoms with van der Waals surface area (Å²) in [6.45, 7) is 6.66. The minimum atomic E-state index is -0.132. The number of methoxy groups -OCH3 is 2. The molecule has 1 aliphatic carbocycles. The molecule has 9 nitrogen and oxygen atoms in total. The number of carbonyl (C=O) groups is 3. The van der Waals surface area contributed by atoms with Gasteiger partial charge in [0.1, 0.15) is 6.29 Å². The van der Waals surface area contributed by atoms with Crippen LogP contribution < -0.4 is 5.32 Å². The van der Waals surface area contributed by atoms with Gasteiger partial charge >= 0.3 is 0 Å². The average Bonchev–Trinajstić information content (AvgIpc) is 3.83. The number of nitrogens with zero attached hydrogens (tertiary/aromatic N) is 2. The Morgan fingerprint density at radius 1 is 0.979 bits per heavy atom. The zero-order valence-electron chi connectivity index (χ0n) is 27.9. The quantitative estimate of drug-likeness (QED) is 0.275. The highest BCUT2D eigenvalue weighted by Gasteiger charge is 2.43. The molecule has 2 aromatic carbocycles. The SMILES string of the molecule is CO[C@H]1CN([C@H]2C[C@@H](COC3CCC(C=O)CC3)N(C(=O)Cc3cc(C)c(NC(=O)c4csc5ccccc45)cc3C)C2)C[C@H]1OC. The van der Waals surface area contributed by atoms with Crippen molar-refractivity contribution in [3.05, 3.63) is 64.0 Å². The van der Waals surface area contributed by atoms with Crippen molar-refractivity contribution in [3.8, 4) is 0 Å². The number of carbonyl (C=O) groups excluding carboxylic acids is 3. The van der Waals surface area contributed by atoms with Crippen LogP contribution in [0.3, 0.4) is 0 Å². The van der Waals surface area contributed by atoms with Gasteiger partial charge in [-0.05, 0) is 74.8 Å². The molecular weight excluding hydrogens is 614 g/mol. The third-order valence-corrected chi connectivity index (χ3v) is 11.5. The van der Waals surface area contributed by atoms with Gasteiger partial charge in [0.05, 0.1) is 42.9 Å². The molecule has 1 N–H and O–H groups in total. The maximum absolute atomic E-state index is 14.1. The van der Waals surface area contributed by atoms with Crippen LogP contribution in [0.5, 0.6) is 0 Å². The third kappa shape index (κ3) is 7.47. The first-order chi connectivity index (χ1) is 22.8. The largest absolute Gasteiger partial charge is 0.377 e. The van der Waals surface area contributed by atoms with Gasteiger partial charge in [0.15, 0.2) is 0 Å². The first-order valence-electron chi connectivity index (χ1n) is 16.8. The molecule has 10 heteroatoms. The summed E-state index contributed by atoms with van der Waals surface area (Å²) >= 11 is 1.56. The van der Waals surface area contributed by atoms with E-state index in [1.54, 1.807) is 25.6 Å². The van der Waals surface area contributed by atoms with Crippen molar-refractivity contribution in [1.82, 2.24) is 9.80 Å². The van der Waals surface area contributed by atoms with Gasteiger partial charge in [0, 0.05) is 67.0 Å². The lowest BCUT2D eigenvalue weighted by molar-refractivity contribution is -0.133. The van der Waals surface area contributed by atoms with Crippen molar-refractivity contribution in [2.45, 2.75) is 82.8 Å². The van der Waals surface area contributed by atoms with E-state index in [-0.39, 0.29) is 54.5 Å².